The van der Waals surface area contributed by atoms with Gasteiger partial charge in [0, 0.05) is 17.6 Å². The molecule has 162 valence electrons. The standard InChI is InChI=1S/C23H28BrClN2O3/c1-4-20(23(29)26-16(2)3)27(13-12-17-8-6-5-7-9-17)22(28)15-30-21-11-10-18(25)14-19(21)24/h5-11,14,16,20H,4,12-13,15H2,1-3H3,(H,26,29)/t20-/m0/s1. The lowest BCUT2D eigenvalue weighted by atomic mass is 10.1. The summed E-state index contributed by atoms with van der Waals surface area (Å²) in [7, 11) is 0. The zero-order valence-electron chi connectivity index (χ0n) is 17.5. The summed E-state index contributed by atoms with van der Waals surface area (Å²) in [6.07, 6.45) is 1.17. The molecule has 0 radical (unpaired) electrons. The van der Waals surface area contributed by atoms with Crippen LogP contribution in [0.15, 0.2) is 53.0 Å². The molecule has 0 aliphatic heterocycles. The summed E-state index contributed by atoms with van der Waals surface area (Å²) in [5.74, 6) is 0.135. The molecule has 0 unspecified atom stereocenters. The Morgan fingerprint density at radius 2 is 1.87 bits per heavy atom. The Hall–Kier alpha value is -2.05. The Morgan fingerprint density at radius 1 is 1.17 bits per heavy atom. The second kappa shape index (κ2) is 12.0. The number of hydrogen-bond donors (Lipinski definition) is 1. The average Bonchev–Trinajstić information content (AvgIpc) is 2.70. The number of nitrogens with zero attached hydrogens (tertiary/aromatic N) is 1. The topological polar surface area (TPSA) is 58.6 Å². The number of rotatable bonds is 10. The Bertz CT molecular complexity index is 846. The van der Waals surface area contributed by atoms with Gasteiger partial charge in [-0.3, -0.25) is 9.59 Å². The second-order valence-corrected chi connectivity index (χ2v) is 8.56. The van der Waals surface area contributed by atoms with Gasteiger partial charge in [-0.25, -0.2) is 0 Å². The highest BCUT2D eigenvalue weighted by atomic mass is 79.9. The third-order valence-electron chi connectivity index (χ3n) is 4.55. The van der Waals surface area contributed by atoms with Crippen molar-refractivity contribution in [2.45, 2.75) is 45.7 Å². The molecule has 0 heterocycles. The highest BCUT2D eigenvalue weighted by Crippen LogP contribution is 2.28. The van der Waals surface area contributed by atoms with Gasteiger partial charge in [0.25, 0.3) is 5.91 Å². The molecule has 0 bridgehead atoms. The van der Waals surface area contributed by atoms with Crippen molar-refractivity contribution in [2.24, 2.45) is 0 Å². The van der Waals surface area contributed by atoms with Gasteiger partial charge in [-0.2, -0.15) is 0 Å². The molecule has 0 aliphatic rings. The van der Waals surface area contributed by atoms with Crippen LogP contribution in [0.3, 0.4) is 0 Å². The lowest BCUT2D eigenvalue weighted by molar-refractivity contribution is -0.142. The van der Waals surface area contributed by atoms with Crippen molar-refractivity contribution >= 4 is 39.3 Å². The van der Waals surface area contributed by atoms with Gasteiger partial charge in [0.15, 0.2) is 6.61 Å². The number of ether oxygens (including phenoxy) is 1. The first-order chi connectivity index (χ1) is 14.3. The van der Waals surface area contributed by atoms with Crippen molar-refractivity contribution < 1.29 is 14.3 Å². The van der Waals surface area contributed by atoms with Gasteiger partial charge in [-0.1, -0.05) is 48.9 Å². The lowest BCUT2D eigenvalue weighted by Gasteiger charge is -2.31. The summed E-state index contributed by atoms with van der Waals surface area (Å²) in [4.78, 5) is 27.4. The molecule has 1 N–H and O–H groups in total. The Morgan fingerprint density at radius 3 is 2.47 bits per heavy atom. The summed E-state index contributed by atoms with van der Waals surface area (Å²) >= 11 is 9.35. The molecule has 2 rings (SSSR count). The maximum atomic E-state index is 13.1. The van der Waals surface area contributed by atoms with Gasteiger partial charge in [-0.15, -0.1) is 0 Å². The van der Waals surface area contributed by atoms with Crippen LogP contribution >= 0.6 is 27.5 Å². The molecule has 2 amide bonds. The third kappa shape index (κ3) is 7.33. The summed E-state index contributed by atoms with van der Waals surface area (Å²) in [6.45, 7) is 5.98. The number of amides is 2. The minimum atomic E-state index is -0.555. The van der Waals surface area contributed by atoms with E-state index in [1.54, 1.807) is 23.1 Å². The zero-order chi connectivity index (χ0) is 22.1. The molecule has 30 heavy (non-hydrogen) atoms. The van der Waals surface area contributed by atoms with E-state index in [4.69, 9.17) is 16.3 Å². The van der Waals surface area contributed by atoms with Gasteiger partial charge < -0.3 is 15.0 Å². The highest BCUT2D eigenvalue weighted by Gasteiger charge is 2.29. The first kappa shape index (κ1) is 24.2. The Kier molecular flexibility index (Phi) is 9.66. The van der Waals surface area contributed by atoms with E-state index in [0.717, 1.165) is 5.56 Å². The predicted molar refractivity (Wildman–Crippen MR) is 124 cm³/mol. The fraction of sp³-hybridized carbons (Fsp3) is 0.391. The van der Waals surface area contributed by atoms with Crippen LogP contribution in [0.2, 0.25) is 5.02 Å². The molecule has 0 fully saturated rings. The van der Waals surface area contributed by atoms with Crippen molar-refractivity contribution in [3.63, 3.8) is 0 Å². The van der Waals surface area contributed by atoms with Crippen LogP contribution in [0, 0.1) is 0 Å². The van der Waals surface area contributed by atoms with Crippen LogP contribution in [-0.2, 0) is 16.0 Å². The van der Waals surface area contributed by atoms with Crippen LogP contribution in [0.25, 0.3) is 0 Å². The number of carbonyl (C=O) groups excluding carboxylic acids is 2. The van der Waals surface area contributed by atoms with Crippen molar-refractivity contribution in [3.8, 4) is 5.75 Å². The quantitative estimate of drug-likeness (QED) is 0.512. The molecule has 2 aromatic carbocycles. The third-order valence-corrected chi connectivity index (χ3v) is 5.40. The fourth-order valence-electron chi connectivity index (χ4n) is 3.09. The summed E-state index contributed by atoms with van der Waals surface area (Å²) in [5.41, 5.74) is 1.11. The Labute approximate surface area is 191 Å². The van der Waals surface area contributed by atoms with Gasteiger partial charge in [0.1, 0.15) is 11.8 Å². The van der Waals surface area contributed by atoms with Crippen LogP contribution in [0.4, 0.5) is 0 Å². The van der Waals surface area contributed by atoms with Crippen LogP contribution in [0.1, 0.15) is 32.8 Å². The Balaban J connectivity index is 2.14. The summed E-state index contributed by atoms with van der Waals surface area (Å²) < 4.78 is 6.38. The van der Waals surface area contributed by atoms with Crippen LogP contribution in [-0.4, -0.2) is 41.9 Å². The molecule has 0 aromatic heterocycles. The molecule has 7 heteroatoms. The lowest BCUT2D eigenvalue weighted by Crippen LogP contribution is -2.52. The van der Waals surface area contributed by atoms with Crippen LogP contribution in [0.5, 0.6) is 5.75 Å². The normalized spacial score (nSPS) is 11.8. The fourth-order valence-corrected chi connectivity index (χ4v) is 3.89. The number of carbonyl (C=O) groups is 2. The predicted octanol–water partition coefficient (Wildman–Crippen LogP) is 4.86. The number of nitrogens with one attached hydrogen (secondary N) is 1. The highest BCUT2D eigenvalue weighted by molar-refractivity contribution is 9.10. The minimum Gasteiger partial charge on any atom is -0.483 e. The molecule has 0 aliphatic carbocycles. The second-order valence-electron chi connectivity index (χ2n) is 7.27. The first-order valence-electron chi connectivity index (χ1n) is 10.0. The molecule has 0 saturated carbocycles. The van der Waals surface area contributed by atoms with E-state index < -0.39 is 6.04 Å². The van der Waals surface area contributed by atoms with Crippen molar-refractivity contribution in [1.29, 1.82) is 0 Å². The molecule has 2 aromatic rings. The number of halogens is 2. The zero-order valence-corrected chi connectivity index (χ0v) is 19.9. The molecule has 1 atom stereocenters. The van der Waals surface area contributed by atoms with E-state index in [2.05, 4.69) is 21.2 Å². The van der Waals surface area contributed by atoms with E-state index in [1.165, 1.54) is 0 Å². The summed E-state index contributed by atoms with van der Waals surface area (Å²) in [6, 6.07) is 14.5. The van der Waals surface area contributed by atoms with E-state index in [1.807, 2.05) is 51.1 Å². The average molecular weight is 496 g/mol. The van der Waals surface area contributed by atoms with Crippen molar-refractivity contribution in [3.05, 3.63) is 63.6 Å². The first-order valence-corrected chi connectivity index (χ1v) is 11.2. The van der Waals surface area contributed by atoms with Gasteiger partial charge in [0.05, 0.1) is 4.47 Å². The maximum Gasteiger partial charge on any atom is 0.261 e. The smallest absolute Gasteiger partial charge is 0.261 e. The van der Waals surface area contributed by atoms with E-state index in [0.29, 0.717) is 34.6 Å². The van der Waals surface area contributed by atoms with Gasteiger partial charge >= 0.3 is 0 Å². The summed E-state index contributed by atoms with van der Waals surface area (Å²) in [5, 5.41) is 3.49. The largest absolute Gasteiger partial charge is 0.483 e. The van der Waals surface area contributed by atoms with Crippen molar-refractivity contribution in [1.82, 2.24) is 10.2 Å². The monoisotopic (exact) mass is 494 g/mol. The van der Waals surface area contributed by atoms with E-state index in [-0.39, 0.29) is 24.5 Å². The van der Waals surface area contributed by atoms with Gasteiger partial charge in [-0.05, 0) is 66.4 Å². The van der Waals surface area contributed by atoms with Gasteiger partial charge in [0.2, 0.25) is 5.91 Å². The van der Waals surface area contributed by atoms with E-state index >= 15 is 0 Å². The molecular weight excluding hydrogens is 468 g/mol. The minimum absolute atomic E-state index is 0.00102. The van der Waals surface area contributed by atoms with Crippen LogP contribution < -0.4 is 10.1 Å². The molecule has 0 spiro atoms. The molecule has 5 nitrogen and oxygen atoms in total. The molecular formula is C23H28BrClN2O3. The number of hydrogen-bond acceptors (Lipinski definition) is 3. The van der Waals surface area contributed by atoms with E-state index in [9.17, 15) is 9.59 Å². The SMILES string of the molecule is CC[C@@H](C(=O)NC(C)C)N(CCc1ccccc1)C(=O)COc1ccc(Cl)cc1Br. The molecule has 0 saturated heterocycles. The van der Waals surface area contributed by atoms with Crippen molar-refractivity contribution in [2.75, 3.05) is 13.2 Å². The maximum absolute atomic E-state index is 13.1. The number of benzene rings is 2.